The highest BCUT2D eigenvalue weighted by atomic mass is 35.5. The number of benzene rings is 2. The van der Waals surface area contributed by atoms with Crippen LogP contribution in [0.4, 0.5) is 11.4 Å². The average Bonchev–Trinajstić information content (AvgIpc) is 3.41. The molecule has 3 rings (SSSR count). The third-order valence-electron chi connectivity index (χ3n) is 4.00. The van der Waals surface area contributed by atoms with Crippen LogP contribution in [0.3, 0.4) is 0 Å². The van der Waals surface area contributed by atoms with E-state index < -0.39 is 0 Å². The van der Waals surface area contributed by atoms with Crippen LogP contribution in [-0.2, 0) is 11.2 Å². The molecular formula is C19H22ClN3O3. The van der Waals surface area contributed by atoms with Crippen LogP contribution in [0.5, 0.6) is 5.75 Å². The predicted octanol–water partition coefficient (Wildman–Crippen LogP) is 2.77. The number of rotatable bonds is 6. The van der Waals surface area contributed by atoms with E-state index in [-0.39, 0.29) is 36.7 Å². The molecule has 6 nitrogen and oxygen atoms in total. The Hall–Kier alpha value is -2.73. The fraction of sp³-hybridized carbons (Fsp3) is 0.263. The lowest BCUT2D eigenvalue weighted by Crippen LogP contribution is -2.27. The summed E-state index contributed by atoms with van der Waals surface area (Å²) in [4.78, 5) is 24.8. The first-order valence-electron chi connectivity index (χ1n) is 8.18. The zero-order valence-corrected chi connectivity index (χ0v) is 15.3. The quantitative estimate of drug-likeness (QED) is 0.677. The van der Waals surface area contributed by atoms with Crippen molar-refractivity contribution in [1.29, 1.82) is 0 Å². The second-order valence-corrected chi connectivity index (χ2v) is 6.13. The van der Waals surface area contributed by atoms with Gasteiger partial charge < -0.3 is 21.1 Å². The average molecular weight is 376 g/mol. The molecular weight excluding hydrogens is 354 g/mol. The summed E-state index contributed by atoms with van der Waals surface area (Å²) < 4.78 is 5.19. The Balaban J connectivity index is 0.00000243. The zero-order valence-electron chi connectivity index (χ0n) is 14.5. The van der Waals surface area contributed by atoms with Crippen LogP contribution in [0.15, 0.2) is 42.5 Å². The van der Waals surface area contributed by atoms with E-state index in [4.69, 9.17) is 10.5 Å². The summed E-state index contributed by atoms with van der Waals surface area (Å²) >= 11 is 0. The van der Waals surface area contributed by atoms with Crippen molar-refractivity contribution in [2.75, 3.05) is 18.2 Å². The number of nitrogens with two attached hydrogens (primary N) is 1. The third-order valence-corrected chi connectivity index (χ3v) is 4.00. The maximum atomic E-state index is 12.4. The lowest BCUT2D eigenvalue weighted by Gasteiger charge is -2.13. The van der Waals surface area contributed by atoms with Crippen LogP contribution in [0, 0.1) is 0 Å². The molecule has 0 radical (unpaired) electrons. The normalized spacial score (nSPS) is 12.7. The molecule has 0 spiro atoms. The lowest BCUT2D eigenvalue weighted by molar-refractivity contribution is -0.115. The number of hydrogen-bond acceptors (Lipinski definition) is 4. The highest BCUT2D eigenvalue weighted by Gasteiger charge is 2.25. The van der Waals surface area contributed by atoms with Gasteiger partial charge in [-0.25, -0.2) is 0 Å². The Labute approximate surface area is 158 Å². The molecule has 1 saturated carbocycles. The van der Waals surface area contributed by atoms with Crippen LogP contribution < -0.4 is 21.1 Å². The Morgan fingerprint density at radius 3 is 2.46 bits per heavy atom. The molecule has 4 N–H and O–H groups in total. The Morgan fingerprint density at radius 1 is 1.15 bits per heavy atom. The number of amides is 2. The Kier molecular flexibility index (Phi) is 6.46. The largest absolute Gasteiger partial charge is 0.497 e. The van der Waals surface area contributed by atoms with Crippen LogP contribution in [-0.4, -0.2) is 25.0 Å². The number of carbonyl (C=O) groups is 2. The van der Waals surface area contributed by atoms with Gasteiger partial charge in [-0.15, -0.1) is 12.4 Å². The van der Waals surface area contributed by atoms with Crippen molar-refractivity contribution in [3.63, 3.8) is 0 Å². The molecule has 7 heteroatoms. The van der Waals surface area contributed by atoms with Crippen molar-refractivity contribution in [2.24, 2.45) is 0 Å². The topological polar surface area (TPSA) is 93.4 Å². The summed E-state index contributed by atoms with van der Waals surface area (Å²) in [5.74, 6) is 0.164. The molecule has 1 aliphatic carbocycles. The Bertz CT molecular complexity index is 789. The van der Waals surface area contributed by atoms with E-state index >= 15 is 0 Å². The van der Waals surface area contributed by atoms with E-state index in [1.54, 1.807) is 30.3 Å². The summed E-state index contributed by atoms with van der Waals surface area (Å²) in [7, 11) is 1.54. The molecule has 0 unspecified atom stereocenters. The lowest BCUT2D eigenvalue weighted by atomic mass is 10.1. The number of anilines is 2. The van der Waals surface area contributed by atoms with E-state index in [1.807, 2.05) is 12.1 Å². The van der Waals surface area contributed by atoms with Gasteiger partial charge in [0, 0.05) is 11.7 Å². The minimum Gasteiger partial charge on any atom is -0.497 e. The summed E-state index contributed by atoms with van der Waals surface area (Å²) in [6, 6.07) is 12.4. The van der Waals surface area contributed by atoms with Gasteiger partial charge in [0.25, 0.3) is 5.91 Å². The molecule has 0 heterocycles. The highest BCUT2D eigenvalue weighted by Crippen LogP contribution is 2.25. The zero-order chi connectivity index (χ0) is 17.8. The number of methoxy groups -OCH3 is 1. The van der Waals surface area contributed by atoms with E-state index in [0.29, 0.717) is 22.7 Å². The fourth-order valence-corrected chi connectivity index (χ4v) is 2.45. The number of ether oxygens (including phenoxy) is 1. The summed E-state index contributed by atoms with van der Waals surface area (Å²) in [5, 5.41) is 5.74. The van der Waals surface area contributed by atoms with Crippen molar-refractivity contribution in [3.05, 3.63) is 53.6 Å². The molecule has 2 aromatic carbocycles. The van der Waals surface area contributed by atoms with Crippen molar-refractivity contribution in [1.82, 2.24) is 5.32 Å². The van der Waals surface area contributed by atoms with Crippen LogP contribution in [0.1, 0.15) is 28.8 Å². The number of carbonyl (C=O) groups excluding carboxylic acids is 2. The molecule has 0 saturated heterocycles. The van der Waals surface area contributed by atoms with Gasteiger partial charge in [-0.3, -0.25) is 9.59 Å². The molecule has 2 amide bonds. The second kappa shape index (κ2) is 8.58. The molecule has 1 aliphatic rings. The maximum absolute atomic E-state index is 12.4. The maximum Gasteiger partial charge on any atom is 0.253 e. The van der Waals surface area contributed by atoms with Gasteiger partial charge in [-0.2, -0.15) is 0 Å². The standard InChI is InChI=1S/C19H21N3O3.ClH/c1-25-15-8-9-17(16(11-15)19(24)21-14-6-7-14)22-18(23)10-12-2-4-13(20)5-3-12;/h2-5,8-9,11,14H,6-7,10,20H2,1H3,(H,21,24)(H,22,23);1H. The van der Waals surface area contributed by atoms with Crippen LogP contribution in [0.25, 0.3) is 0 Å². The van der Waals surface area contributed by atoms with Gasteiger partial charge >= 0.3 is 0 Å². The Morgan fingerprint density at radius 2 is 1.85 bits per heavy atom. The first-order chi connectivity index (χ1) is 12.0. The molecule has 0 aromatic heterocycles. The SMILES string of the molecule is COc1ccc(NC(=O)Cc2ccc(N)cc2)c(C(=O)NC2CC2)c1.Cl. The fourth-order valence-electron chi connectivity index (χ4n) is 2.45. The number of hydrogen-bond donors (Lipinski definition) is 3. The van der Waals surface area contributed by atoms with E-state index in [9.17, 15) is 9.59 Å². The van der Waals surface area contributed by atoms with Gasteiger partial charge in [0.1, 0.15) is 5.75 Å². The third kappa shape index (κ3) is 5.13. The molecule has 0 bridgehead atoms. The summed E-state index contributed by atoms with van der Waals surface area (Å²) in [6.45, 7) is 0. The van der Waals surface area contributed by atoms with Gasteiger partial charge in [0.15, 0.2) is 0 Å². The van der Waals surface area contributed by atoms with E-state index in [1.165, 1.54) is 7.11 Å². The molecule has 138 valence electrons. The predicted molar refractivity (Wildman–Crippen MR) is 104 cm³/mol. The smallest absolute Gasteiger partial charge is 0.253 e. The van der Waals surface area contributed by atoms with E-state index in [2.05, 4.69) is 10.6 Å². The van der Waals surface area contributed by atoms with Crippen LogP contribution in [0.2, 0.25) is 0 Å². The molecule has 2 aromatic rings. The van der Waals surface area contributed by atoms with Crippen LogP contribution >= 0.6 is 12.4 Å². The molecule has 1 fully saturated rings. The van der Waals surface area contributed by atoms with Gasteiger partial charge in [0.2, 0.25) is 5.91 Å². The van der Waals surface area contributed by atoms with Gasteiger partial charge in [0.05, 0.1) is 24.8 Å². The number of nitrogens with one attached hydrogen (secondary N) is 2. The minimum absolute atomic E-state index is 0. The monoisotopic (exact) mass is 375 g/mol. The first kappa shape index (κ1) is 19.6. The highest BCUT2D eigenvalue weighted by molar-refractivity contribution is 6.04. The van der Waals surface area contributed by atoms with Crippen molar-refractivity contribution in [3.8, 4) is 5.75 Å². The van der Waals surface area contributed by atoms with Crippen molar-refractivity contribution in [2.45, 2.75) is 25.3 Å². The number of nitrogen functional groups attached to an aromatic ring is 1. The van der Waals surface area contributed by atoms with Gasteiger partial charge in [-0.05, 0) is 48.7 Å². The minimum atomic E-state index is -0.204. The second-order valence-electron chi connectivity index (χ2n) is 6.13. The van der Waals surface area contributed by atoms with Gasteiger partial charge in [-0.1, -0.05) is 12.1 Å². The van der Waals surface area contributed by atoms with Crippen molar-refractivity contribution >= 4 is 35.6 Å². The number of halogens is 1. The molecule has 26 heavy (non-hydrogen) atoms. The molecule has 0 aliphatic heterocycles. The van der Waals surface area contributed by atoms with E-state index in [0.717, 1.165) is 18.4 Å². The van der Waals surface area contributed by atoms with Crippen molar-refractivity contribution < 1.29 is 14.3 Å². The first-order valence-corrected chi connectivity index (χ1v) is 8.18. The summed E-state index contributed by atoms with van der Waals surface area (Å²) in [5.41, 5.74) is 8.02. The summed E-state index contributed by atoms with van der Waals surface area (Å²) in [6.07, 6.45) is 2.19. The molecule has 0 atom stereocenters.